The molecule has 0 radical (unpaired) electrons. The maximum atomic E-state index is 6.26. The van der Waals surface area contributed by atoms with Crippen LogP contribution in [0.4, 0.5) is 0 Å². The van der Waals surface area contributed by atoms with Crippen LogP contribution < -0.4 is 5.32 Å². The molecule has 5 heteroatoms. The van der Waals surface area contributed by atoms with Gasteiger partial charge in [0.15, 0.2) is 0 Å². The molecule has 1 spiro atoms. The Morgan fingerprint density at radius 3 is 2.95 bits per heavy atom. The van der Waals surface area contributed by atoms with Crippen molar-refractivity contribution in [2.24, 2.45) is 5.92 Å². The lowest BCUT2D eigenvalue weighted by molar-refractivity contribution is -0.107. The predicted molar refractivity (Wildman–Crippen MR) is 96.4 cm³/mol. The molecule has 0 bridgehead atoms. The van der Waals surface area contributed by atoms with E-state index < -0.39 is 0 Å². The van der Waals surface area contributed by atoms with E-state index in [4.69, 9.17) is 4.74 Å². The van der Waals surface area contributed by atoms with Crippen molar-refractivity contribution >= 4 is 39.0 Å². The highest BCUT2D eigenvalue weighted by molar-refractivity contribution is 9.10. The lowest BCUT2D eigenvalue weighted by Crippen LogP contribution is -2.45. The first-order valence-corrected chi connectivity index (χ1v) is 10.7. The third-order valence-corrected chi connectivity index (χ3v) is 7.49. The zero-order valence-corrected chi connectivity index (χ0v) is 15.8. The van der Waals surface area contributed by atoms with Gasteiger partial charge in [0.1, 0.15) is 0 Å². The van der Waals surface area contributed by atoms with Gasteiger partial charge in [-0.3, -0.25) is 0 Å². The largest absolute Gasteiger partial charge is 0.375 e. The van der Waals surface area contributed by atoms with Gasteiger partial charge >= 0.3 is 0 Å². The molecule has 1 aromatic heterocycles. The predicted octanol–water partition coefficient (Wildman–Crippen LogP) is 4.85. The molecule has 1 aromatic rings. The van der Waals surface area contributed by atoms with Crippen LogP contribution in [0.3, 0.4) is 0 Å². The van der Waals surface area contributed by atoms with Crippen LogP contribution in [0.1, 0.15) is 43.5 Å². The van der Waals surface area contributed by atoms with Crippen molar-refractivity contribution in [2.45, 2.75) is 44.2 Å². The van der Waals surface area contributed by atoms with E-state index in [9.17, 15) is 0 Å². The highest BCUT2D eigenvalue weighted by Crippen LogP contribution is 2.44. The van der Waals surface area contributed by atoms with Crippen LogP contribution in [0, 0.1) is 5.92 Å². The molecule has 118 valence electrons. The molecule has 2 saturated heterocycles. The third-order valence-electron chi connectivity index (χ3n) is 4.72. The number of nitrogens with one attached hydrogen (secondary N) is 1. The highest BCUT2D eigenvalue weighted by atomic mass is 79.9. The highest BCUT2D eigenvalue weighted by Gasteiger charge is 2.41. The summed E-state index contributed by atoms with van der Waals surface area (Å²) in [7, 11) is 0. The Labute approximate surface area is 144 Å². The standard InChI is InChI=1S/C16H24BrNOS2/c1-2-18-15(14-9-13(17)11-21-14)12-3-6-19-16(10-12)4-7-20-8-5-16/h9,11-12,15,18H,2-8,10H2,1H3. The summed E-state index contributed by atoms with van der Waals surface area (Å²) in [6, 6.07) is 2.78. The summed E-state index contributed by atoms with van der Waals surface area (Å²) < 4.78 is 7.47. The maximum absolute atomic E-state index is 6.26. The molecule has 2 nitrogen and oxygen atoms in total. The summed E-state index contributed by atoms with van der Waals surface area (Å²) in [5, 5.41) is 5.93. The van der Waals surface area contributed by atoms with Crippen LogP contribution in [-0.2, 0) is 4.74 Å². The molecule has 0 aliphatic carbocycles. The lowest BCUT2D eigenvalue weighted by atomic mass is 9.78. The molecule has 0 aromatic carbocycles. The fraction of sp³-hybridized carbons (Fsp3) is 0.750. The van der Waals surface area contributed by atoms with Gasteiger partial charge < -0.3 is 10.1 Å². The zero-order chi connectivity index (χ0) is 14.7. The average molecular weight is 390 g/mol. The second kappa shape index (κ2) is 7.35. The summed E-state index contributed by atoms with van der Waals surface area (Å²) in [6.45, 7) is 4.17. The van der Waals surface area contributed by atoms with E-state index in [2.05, 4.69) is 51.4 Å². The Morgan fingerprint density at radius 1 is 1.48 bits per heavy atom. The Balaban J connectivity index is 1.75. The van der Waals surface area contributed by atoms with Gasteiger partial charge in [-0.15, -0.1) is 11.3 Å². The Kier molecular flexibility index (Phi) is 5.71. The van der Waals surface area contributed by atoms with Crippen LogP contribution in [0.2, 0.25) is 0 Å². The number of thiophene rings is 1. The van der Waals surface area contributed by atoms with Gasteiger partial charge in [0.05, 0.1) is 5.60 Å². The number of thioether (sulfide) groups is 1. The minimum Gasteiger partial charge on any atom is -0.375 e. The van der Waals surface area contributed by atoms with E-state index in [0.29, 0.717) is 12.0 Å². The van der Waals surface area contributed by atoms with E-state index in [1.807, 2.05) is 11.3 Å². The number of rotatable bonds is 4. The van der Waals surface area contributed by atoms with Crippen LogP contribution in [0.25, 0.3) is 0 Å². The average Bonchev–Trinajstić information content (AvgIpc) is 2.92. The van der Waals surface area contributed by atoms with Crippen molar-refractivity contribution in [1.82, 2.24) is 5.32 Å². The molecule has 3 heterocycles. The van der Waals surface area contributed by atoms with E-state index in [1.165, 1.54) is 46.5 Å². The topological polar surface area (TPSA) is 21.3 Å². The fourth-order valence-electron chi connectivity index (χ4n) is 3.65. The zero-order valence-electron chi connectivity index (χ0n) is 12.6. The Bertz CT molecular complexity index is 453. The maximum Gasteiger partial charge on any atom is 0.0701 e. The van der Waals surface area contributed by atoms with Crippen LogP contribution in [0.5, 0.6) is 0 Å². The molecule has 2 unspecified atom stereocenters. The summed E-state index contributed by atoms with van der Waals surface area (Å²) in [4.78, 5) is 1.47. The summed E-state index contributed by atoms with van der Waals surface area (Å²) >= 11 is 7.56. The Hall–Kier alpha value is 0.450. The van der Waals surface area contributed by atoms with Crippen LogP contribution in [0.15, 0.2) is 15.9 Å². The SMILES string of the molecule is CCNC(c1cc(Br)cs1)C1CCOC2(CCSCC2)C1. The molecule has 2 fully saturated rings. The fourth-order valence-corrected chi connectivity index (χ4v) is 6.50. The molecule has 1 N–H and O–H groups in total. The molecule has 2 aliphatic rings. The molecule has 3 rings (SSSR count). The van der Waals surface area contributed by atoms with Crippen molar-refractivity contribution in [1.29, 1.82) is 0 Å². The van der Waals surface area contributed by atoms with E-state index >= 15 is 0 Å². The van der Waals surface area contributed by atoms with Gasteiger partial charge in [0.25, 0.3) is 0 Å². The number of hydrogen-bond acceptors (Lipinski definition) is 4. The lowest BCUT2D eigenvalue weighted by Gasteiger charge is -2.45. The molecule has 2 atom stereocenters. The molecular weight excluding hydrogens is 366 g/mol. The van der Waals surface area contributed by atoms with Gasteiger partial charge in [-0.25, -0.2) is 0 Å². The van der Waals surface area contributed by atoms with Gasteiger partial charge in [0, 0.05) is 27.4 Å². The first-order chi connectivity index (χ1) is 10.2. The van der Waals surface area contributed by atoms with Crippen molar-refractivity contribution in [2.75, 3.05) is 24.7 Å². The van der Waals surface area contributed by atoms with Gasteiger partial charge in [-0.2, -0.15) is 11.8 Å². The third kappa shape index (κ3) is 3.86. The van der Waals surface area contributed by atoms with E-state index in [1.54, 1.807) is 0 Å². The quantitative estimate of drug-likeness (QED) is 0.794. The molecule has 21 heavy (non-hydrogen) atoms. The first-order valence-electron chi connectivity index (χ1n) is 7.91. The molecule has 2 aliphatic heterocycles. The molecular formula is C16H24BrNOS2. The van der Waals surface area contributed by atoms with Crippen molar-refractivity contribution < 1.29 is 4.74 Å². The van der Waals surface area contributed by atoms with Crippen molar-refractivity contribution in [3.05, 3.63) is 20.8 Å². The summed E-state index contributed by atoms with van der Waals surface area (Å²) in [5.74, 6) is 3.24. The van der Waals surface area contributed by atoms with Crippen LogP contribution in [-0.4, -0.2) is 30.3 Å². The summed E-state index contributed by atoms with van der Waals surface area (Å²) in [5.41, 5.74) is 0.177. The van der Waals surface area contributed by atoms with E-state index in [-0.39, 0.29) is 5.60 Å². The van der Waals surface area contributed by atoms with Gasteiger partial charge in [-0.05, 0) is 71.6 Å². The second-order valence-corrected chi connectivity index (χ2v) is 9.18. The van der Waals surface area contributed by atoms with E-state index in [0.717, 1.165) is 13.2 Å². The number of ether oxygens (including phenoxy) is 1. The normalized spacial score (nSPS) is 26.9. The number of hydrogen-bond donors (Lipinski definition) is 1. The Morgan fingerprint density at radius 2 is 2.29 bits per heavy atom. The van der Waals surface area contributed by atoms with Crippen molar-refractivity contribution in [3.63, 3.8) is 0 Å². The summed E-state index contributed by atoms with van der Waals surface area (Å²) in [6.07, 6.45) is 4.88. The van der Waals surface area contributed by atoms with Gasteiger partial charge in [-0.1, -0.05) is 6.92 Å². The monoisotopic (exact) mass is 389 g/mol. The minimum absolute atomic E-state index is 0.177. The minimum atomic E-state index is 0.177. The first kappa shape index (κ1) is 16.3. The van der Waals surface area contributed by atoms with Crippen molar-refractivity contribution in [3.8, 4) is 0 Å². The smallest absolute Gasteiger partial charge is 0.0701 e. The van der Waals surface area contributed by atoms with Gasteiger partial charge in [0.2, 0.25) is 0 Å². The number of halogens is 1. The molecule has 0 amide bonds. The second-order valence-electron chi connectivity index (χ2n) is 6.10. The molecule has 0 saturated carbocycles. The van der Waals surface area contributed by atoms with Crippen LogP contribution >= 0.6 is 39.0 Å².